The minimum atomic E-state index is -0.140. The van der Waals surface area contributed by atoms with Crippen LogP contribution >= 0.6 is 11.8 Å². The third-order valence-electron chi connectivity index (χ3n) is 4.74. The quantitative estimate of drug-likeness (QED) is 0.760. The SMILES string of the molecule is CC(NC(=O)C1SCCc2ccccc21)c1ccccc1-n1cccn1. The summed E-state index contributed by atoms with van der Waals surface area (Å²) in [4.78, 5) is 13.0. The second-order valence-corrected chi connectivity index (χ2v) is 7.65. The van der Waals surface area contributed by atoms with E-state index in [1.165, 1.54) is 5.56 Å². The first-order valence-corrected chi connectivity index (χ1v) is 9.87. The van der Waals surface area contributed by atoms with Crippen LogP contribution < -0.4 is 5.32 Å². The normalized spacial score (nSPS) is 17.3. The third-order valence-corrected chi connectivity index (χ3v) is 5.99. The molecule has 0 saturated carbocycles. The van der Waals surface area contributed by atoms with Crippen molar-refractivity contribution in [2.24, 2.45) is 0 Å². The lowest BCUT2D eigenvalue weighted by atomic mass is 10.0. The first-order chi connectivity index (χ1) is 12.7. The molecule has 0 saturated heterocycles. The summed E-state index contributed by atoms with van der Waals surface area (Å²) >= 11 is 1.72. The number of hydrogen-bond donors (Lipinski definition) is 1. The van der Waals surface area contributed by atoms with Crippen LogP contribution in [0.1, 0.15) is 34.9 Å². The standard InChI is InChI=1S/C21H21N3OS/c1-15(17-8-4-5-10-19(17)24-13-6-12-22-24)23-21(25)20-18-9-3-2-7-16(18)11-14-26-20/h2-10,12-13,15,20H,11,14H2,1H3,(H,23,25). The molecular weight excluding hydrogens is 342 g/mol. The highest BCUT2D eigenvalue weighted by Crippen LogP contribution is 2.37. The Labute approximate surface area is 157 Å². The minimum absolute atomic E-state index is 0.0740. The van der Waals surface area contributed by atoms with Gasteiger partial charge in [0, 0.05) is 12.4 Å². The van der Waals surface area contributed by atoms with Crippen molar-refractivity contribution in [3.8, 4) is 5.69 Å². The molecule has 1 aromatic heterocycles. The van der Waals surface area contributed by atoms with Crippen LogP contribution in [0, 0.1) is 0 Å². The fourth-order valence-electron chi connectivity index (χ4n) is 3.45. The highest BCUT2D eigenvalue weighted by molar-refractivity contribution is 8.00. The Morgan fingerprint density at radius 1 is 1.19 bits per heavy atom. The summed E-state index contributed by atoms with van der Waals surface area (Å²) in [6, 6.07) is 18.1. The van der Waals surface area contributed by atoms with E-state index in [2.05, 4.69) is 22.5 Å². The molecule has 2 aromatic carbocycles. The number of para-hydroxylation sites is 1. The topological polar surface area (TPSA) is 46.9 Å². The van der Waals surface area contributed by atoms with E-state index in [1.54, 1.807) is 18.0 Å². The molecule has 5 heteroatoms. The largest absolute Gasteiger partial charge is 0.348 e. The van der Waals surface area contributed by atoms with Crippen LogP contribution in [-0.4, -0.2) is 21.4 Å². The van der Waals surface area contributed by atoms with Crippen molar-refractivity contribution in [3.05, 3.63) is 83.7 Å². The molecule has 2 atom stereocenters. The van der Waals surface area contributed by atoms with Gasteiger partial charge in [0.25, 0.3) is 0 Å². The summed E-state index contributed by atoms with van der Waals surface area (Å²) in [5.74, 6) is 1.05. The van der Waals surface area contributed by atoms with Crippen molar-refractivity contribution in [1.82, 2.24) is 15.1 Å². The predicted molar refractivity (Wildman–Crippen MR) is 105 cm³/mol. The van der Waals surface area contributed by atoms with Gasteiger partial charge < -0.3 is 5.32 Å². The minimum Gasteiger partial charge on any atom is -0.348 e. The number of thioether (sulfide) groups is 1. The number of hydrogen-bond acceptors (Lipinski definition) is 3. The van der Waals surface area contributed by atoms with Crippen LogP contribution in [0.2, 0.25) is 0 Å². The Bertz CT molecular complexity index is 907. The molecule has 2 heterocycles. The first kappa shape index (κ1) is 16.9. The number of carbonyl (C=O) groups excluding carboxylic acids is 1. The van der Waals surface area contributed by atoms with E-state index in [0.717, 1.165) is 29.0 Å². The van der Waals surface area contributed by atoms with Gasteiger partial charge in [-0.1, -0.05) is 42.5 Å². The van der Waals surface area contributed by atoms with Gasteiger partial charge in [0.1, 0.15) is 5.25 Å². The Hall–Kier alpha value is -2.53. The molecule has 2 unspecified atom stereocenters. The summed E-state index contributed by atoms with van der Waals surface area (Å²) < 4.78 is 1.84. The van der Waals surface area contributed by atoms with Gasteiger partial charge in [-0.15, -0.1) is 11.8 Å². The molecule has 132 valence electrons. The highest BCUT2D eigenvalue weighted by atomic mass is 32.2. The smallest absolute Gasteiger partial charge is 0.238 e. The molecule has 0 fully saturated rings. The van der Waals surface area contributed by atoms with Gasteiger partial charge in [0.2, 0.25) is 5.91 Å². The number of carbonyl (C=O) groups is 1. The van der Waals surface area contributed by atoms with Crippen molar-refractivity contribution in [1.29, 1.82) is 0 Å². The molecule has 0 radical (unpaired) electrons. The summed E-state index contributed by atoms with van der Waals surface area (Å²) in [5, 5.41) is 7.40. The second kappa shape index (κ2) is 7.38. The first-order valence-electron chi connectivity index (χ1n) is 8.83. The van der Waals surface area contributed by atoms with Gasteiger partial charge in [-0.2, -0.15) is 5.10 Å². The Kier molecular flexibility index (Phi) is 4.80. The molecule has 0 aliphatic carbocycles. The van der Waals surface area contributed by atoms with E-state index in [9.17, 15) is 4.79 Å². The number of rotatable bonds is 4. The highest BCUT2D eigenvalue weighted by Gasteiger charge is 2.28. The van der Waals surface area contributed by atoms with E-state index >= 15 is 0 Å². The maximum Gasteiger partial charge on any atom is 0.238 e. The average Bonchev–Trinajstić information content (AvgIpc) is 3.22. The zero-order valence-electron chi connectivity index (χ0n) is 14.6. The second-order valence-electron chi connectivity index (χ2n) is 6.44. The number of aryl methyl sites for hydroxylation is 1. The fraction of sp³-hybridized carbons (Fsp3) is 0.238. The fourth-order valence-corrected chi connectivity index (χ4v) is 4.65. The van der Waals surface area contributed by atoms with Crippen LogP contribution in [0.5, 0.6) is 0 Å². The van der Waals surface area contributed by atoms with E-state index in [0.29, 0.717) is 0 Å². The summed E-state index contributed by atoms with van der Waals surface area (Å²) in [6.07, 6.45) is 4.71. The Balaban J connectivity index is 1.57. The van der Waals surface area contributed by atoms with Gasteiger partial charge >= 0.3 is 0 Å². The monoisotopic (exact) mass is 363 g/mol. The molecule has 1 amide bonds. The molecule has 4 nitrogen and oxygen atoms in total. The lowest BCUT2D eigenvalue weighted by Crippen LogP contribution is -2.32. The van der Waals surface area contributed by atoms with Gasteiger partial charge in [-0.05, 0) is 47.9 Å². The molecule has 0 spiro atoms. The van der Waals surface area contributed by atoms with Crippen molar-refractivity contribution in [2.75, 3.05) is 5.75 Å². The Morgan fingerprint density at radius 3 is 2.85 bits per heavy atom. The average molecular weight is 363 g/mol. The summed E-state index contributed by atoms with van der Waals surface area (Å²) in [7, 11) is 0. The molecule has 0 bridgehead atoms. The maximum atomic E-state index is 13.0. The van der Waals surface area contributed by atoms with Crippen LogP contribution in [-0.2, 0) is 11.2 Å². The Morgan fingerprint density at radius 2 is 2.00 bits per heavy atom. The van der Waals surface area contributed by atoms with Crippen molar-refractivity contribution in [3.63, 3.8) is 0 Å². The number of aromatic nitrogens is 2. The zero-order valence-corrected chi connectivity index (χ0v) is 15.4. The summed E-state index contributed by atoms with van der Waals surface area (Å²) in [6.45, 7) is 2.03. The lowest BCUT2D eigenvalue weighted by Gasteiger charge is -2.26. The van der Waals surface area contributed by atoms with E-state index in [-0.39, 0.29) is 17.2 Å². The molecular formula is C21H21N3OS. The number of amides is 1. The van der Waals surface area contributed by atoms with Gasteiger partial charge in [0.05, 0.1) is 11.7 Å². The molecule has 26 heavy (non-hydrogen) atoms. The number of benzene rings is 2. The van der Waals surface area contributed by atoms with Crippen LogP contribution in [0.15, 0.2) is 67.0 Å². The molecule has 1 aliphatic rings. The number of nitrogens with zero attached hydrogens (tertiary/aromatic N) is 2. The number of fused-ring (bicyclic) bond motifs is 1. The van der Waals surface area contributed by atoms with Crippen LogP contribution in [0.4, 0.5) is 0 Å². The van der Waals surface area contributed by atoms with Crippen molar-refractivity contribution in [2.45, 2.75) is 24.6 Å². The number of nitrogens with one attached hydrogen (secondary N) is 1. The third kappa shape index (κ3) is 3.27. The zero-order chi connectivity index (χ0) is 17.9. The lowest BCUT2D eigenvalue weighted by molar-refractivity contribution is -0.121. The molecule has 1 aliphatic heterocycles. The maximum absolute atomic E-state index is 13.0. The van der Waals surface area contributed by atoms with Crippen LogP contribution in [0.25, 0.3) is 5.69 Å². The molecule has 1 N–H and O–H groups in total. The van der Waals surface area contributed by atoms with Crippen LogP contribution in [0.3, 0.4) is 0 Å². The van der Waals surface area contributed by atoms with E-state index in [1.807, 2.05) is 60.3 Å². The molecule has 4 rings (SSSR count). The van der Waals surface area contributed by atoms with Gasteiger partial charge in [-0.3, -0.25) is 4.79 Å². The summed E-state index contributed by atoms with van der Waals surface area (Å²) in [5.41, 5.74) is 4.48. The van der Waals surface area contributed by atoms with Gasteiger partial charge in [-0.25, -0.2) is 4.68 Å². The predicted octanol–water partition coefficient (Wildman–Crippen LogP) is 4.08. The van der Waals surface area contributed by atoms with Gasteiger partial charge in [0.15, 0.2) is 0 Å². The molecule has 3 aromatic rings. The van der Waals surface area contributed by atoms with E-state index < -0.39 is 0 Å². The van der Waals surface area contributed by atoms with Crippen molar-refractivity contribution < 1.29 is 4.79 Å². The van der Waals surface area contributed by atoms with E-state index in [4.69, 9.17) is 0 Å². The van der Waals surface area contributed by atoms with Crippen molar-refractivity contribution >= 4 is 17.7 Å².